The summed E-state index contributed by atoms with van der Waals surface area (Å²) in [7, 11) is 1.88. The molecule has 0 aliphatic carbocycles. The Kier molecular flexibility index (Phi) is 5.60. The van der Waals surface area contributed by atoms with E-state index in [1.54, 1.807) is 11.3 Å². The van der Waals surface area contributed by atoms with Crippen LogP contribution in [0.25, 0.3) is 0 Å². The summed E-state index contributed by atoms with van der Waals surface area (Å²) in [6, 6.07) is 1.95. The van der Waals surface area contributed by atoms with E-state index < -0.39 is 0 Å². The predicted molar refractivity (Wildman–Crippen MR) is 73.5 cm³/mol. The van der Waals surface area contributed by atoms with Crippen molar-refractivity contribution >= 4 is 39.8 Å². The second-order valence-corrected chi connectivity index (χ2v) is 6.38. The lowest BCUT2D eigenvalue weighted by Crippen LogP contribution is -2.27. The molecule has 84 valence electrons. The van der Waals surface area contributed by atoms with Crippen molar-refractivity contribution in [3.63, 3.8) is 0 Å². The molecule has 1 amide bonds. The van der Waals surface area contributed by atoms with Crippen LogP contribution >= 0.6 is 33.9 Å². The average Bonchev–Trinajstić information content (AvgIpc) is 2.64. The predicted octanol–water partition coefficient (Wildman–Crippen LogP) is 3.61. The average molecular weight is 337 g/mol. The minimum absolute atomic E-state index is 0.144. The van der Waals surface area contributed by atoms with Crippen molar-refractivity contribution in [1.82, 2.24) is 4.90 Å². The molecule has 0 bridgehead atoms. The van der Waals surface area contributed by atoms with E-state index in [1.165, 1.54) is 12.8 Å². The minimum atomic E-state index is 0.144. The molecule has 1 aromatic heterocycles. The number of halogens is 1. The van der Waals surface area contributed by atoms with Gasteiger partial charge in [0.05, 0.1) is 8.45 Å². The van der Waals surface area contributed by atoms with Crippen LogP contribution in [0, 0.1) is 2.88 Å². The number of nitrogens with zero attached hydrogens (tertiary/aromatic N) is 1. The monoisotopic (exact) mass is 337 g/mol. The second-order valence-electron chi connectivity index (χ2n) is 3.57. The first-order valence-electron chi connectivity index (χ1n) is 5.14. The van der Waals surface area contributed by atoms with E-state index in [0.29, 0.717) is 0 Å². The van der Waals surface area contributed by atoms with Crippen LogP contribution in [0.5, 0.6) is 0 Å². The zero-order chi connectivity index (χ0) is 11.3. The number of carbonyl (C=O) groups excluding carboxylic acids is 1. The lowest BCUT2D eigenvalue weighted by atomic mass is 10.2. The van der Waals surface area contributed by atoms with Crippen LogP contribution in [0.15, 0.2) is 11.4 Å². The quantitative estimate of drug-likeness (QED) is 0.594. The van der Waals surface area contributed by atoms with E-state index in [-0.39, 0.29) is 5.91 Å². The number of amides is 1. The molecule has 1 rings (SSSR count). The number of unbranched alkanes of at least 4 members (excludes halogenated alkanes) is 2. The van der Waals surface area contributed by atoms with E-state index in [0.717, 1.165) is 21.4 Å². The molecule has 0 aromatic carbocycles. The fraction of sp³-hybridized carbons (Fsp3) is 0.545. The molecular formula is C11H16INOS. The van der Waals surface area contributed by atoms with Crippen LogP contribution in [0.3, 0.4) is 0 Å². The lowest BCUT2D eigenvalue weighted by Gasteiger charge is -2.15. The molecule has 0 N–H and O–H groups in total. The van der Waals surface area contributed by atoms with Gasteiger partial charge in [0.25, 0.3) is 5.91 Å². The van der Waals surface area contributed by atoms with Gasteiger partial charge >= 0.3 is 0 Å². The van der Waals surface area contributed by atoms with Crippen molar-refractivity contribution in [2.24, 2.45) is 0 Å². The van der Waals surface area contributed by atoms with E-state index in [4.69, 9.17) is 0 Å². The van der Waals surface area contributed by atoms with Gasteiger partial charge in [-0.1, -0.05) is 19.8 Å². The topological polar surface area (TPSA) is 20.3 Å². The summed E-state index contributed by atoms with van der Waals surface area (Å²) in [5.74, 6) is 0.144. The molecule has 0 atom stereocenters. The van der Waals surface area contributed by atoms with Gasteiger partial charge in [-0.2, -0.15) is 0 Å². The van der Waals surface area contributed by atoms with Crippen molar-refractivity contribution in [2.45, 2.75) is 26.2 Å². The number of hydrogen-bond donors (Lipinski definition) is 0. The van der Waals surface area contributed by atoms with Crippen LogP contribution in [-0.2, 0) is 0 Å². The Labute approximate surface area is 109 Å². The molecule has 2 nitrogen and oxygen atoms in total. The summed E-state index contributed by atoms with van der Waals surface area (Å²) >= 11 is 3.86. The molecule has 1 aromatic rings. The Morgan fingerprint density at radius 3 is 2.80 bits per heavy atom. The van der Waals surface area contributed by atoms with E-state index in [1.807, 2.05) is 23.4 Å². The van der Waals surface area contributed by atoms with Crippen molar-refractivity contribution in [3.05, 3.63) is 19.9 Å². The van der Waals surface area contributed by atoms with Gasteiger partial charge in [-0.3, -0.25) is 4.79 Å². The molecule has 0 radical (unpaired) electrons. The lowest BCUT2D eigenvalue weighted by molar-refractivity contribution is 0.0793. The van der Waals surface area contributed by atoms with Crippen LogP contribution in [0.1, 0.15) is 36.5 Å². The fourth-order valence-corrected chi connectivity index (χ4v) is 2.66. The molecule has 0 fully saturated rings. The van der Waals surface area contributed by atoms with Gasteiger partial charge in [0, 0.05) is 19.0 Å². The Bertz CT molecular complexity index is 324. The van der Waals surface area contributed by atoms with Gasteiger partial charge in [-0.05, 0) is 35.1 Å². The molecule has 0 aliphatic heterocycles. The van der Waals surface area contributed by atoms with Crippen molar-refractivity contribution in [2.75, 3.05) is 13.6 Å². The second kappa shape index (κ2) is 6.48. The highest BCUT2D eigenvalue weighted by molar-refractivity contribution is 14.1. The highest BCUT2D eigenvalue weighted by atomic mass is 127. The summed E-state index contributed by atoms with van der Waals surface area (Å²) in [6.07, 6.45) is 3.48. The maximum absolute atomic E-state index is 11.9. The Hall–Kier alpha value is -0.100. The first-order valence-corrected chi connectivity index (χ1v) is 7.10. The van der Waals surface area contributed by atoms with Crippen LogP contribution in [0.4, 0.5) is 0 Å². The Balaban J connectivity index is 2.46. The molecule has 4 heteroatoms. The van der Waals surface area contributed by atoms with Gasteiger partial charge in [-0.25, -0.2) is 0 Å². The molecule has 0 spiro atoms. The maximum atomic E-state index is 11.9. The smallest absolute Gasteiger partial charge is 0.254 e. The van der Waals surface area contributed by atoms with Crippen molar-refractivity contribution < 1.29 is 4.79 Å². The fourth-order valence-electron chi connectivity index (χ4n) is 1.34. The number of hydrogen-bond acceptors (Lipinski definition) is 2. The van der Waals surface area contributed by atoms with Crippen LogP contribution in [0.2, 0.25) is 0 Å². The Morgan fingerprint density at radius 1 is 1.53 bits per heavy atom. The summed E-state index contributed by atoms with van der Waals surface area (Å²) in [5, 5.41) is 1.93. The summed E-state index contributed by atoms with van der Waals surface area (Å²) in [4.78, 5) is 13.7. The summed E-state index contributed by atoms with van der Waals surface area (Å²) < 4.78 is 1.16. The number of carbonyl (C=O) groups is 1. The van der Waals surface area contributed by atoms with E-state index in [2.05, 4.69) is 29.5 Å². The molecule has 0 aliphatic rings. The van der Waals surface area contributed by atoms with Crippen LogP contribution < -0.4 is 0 Å². The van der Waals surface area contributed by atoms with Gasteiger partial charge in [-0.15, -0.1) is 11.3 Å². The highest BCUT2D eigenvalue weighted by Crippen LogP contribution is 2.17. The van der Waals surface area contributed by atoms with E-state index in [9.17, 15) is 4.79 Å². The summed E-state index contributed by atoms with van der Waals surface area (Å²) in [6.45, 7) is 3.03. The zero-order valence-electron chi connectivity index (χ0n) is 9.12. The van der Waals surface area contributed by atoms with Crippen molar-refractivity contribution in [1.29, 1.82) is 0 Å². The van der Waals surface area contributed by atoms with Crippen molar-refractivity contribution in [3.8, 4) is 0 Å². The number of rotatable bonds is 5. The van der Waals surface area contributed by atoms with Gasteiger partial charge in [0.1, 0.15) is 0 Å². The first-order chi connectivity index (χ1) is 7.15. The third-order valence-electron chi connectivity index (χ3n) is 2.26. The number of thiophene rings is 1. The third-order valence-corrected chi connectivity index (χ3v) is 4.05. The molecule has 0 saturated carbocycles. The first kappa shape index (κ1) is 13.0. The Morgan fingerprint density at radius 2 is 2.27 bits per heavy atom. The zero-order valence-corrected chi connectivity index (χ0v) is 12.1. The standard InChI is InChI=1S/C11H16INOS/c1-3-4-5-6-13(2)11(14)9-7-10(12)15-8-9/h7-8H,3-6H2,1-2H3. The van der Waals surface area contributed by atoms with Gasteiger partial charge in [0.15, 0.2) is 0 Å². The molecule has 0 saturated heterocycles. The molecule has 1 heterocycles. The molecule has 15 heavy (non-hydrogen) atoms. The van der Waals surface area contributed by atoms with E-state index >= 15 is 0 Å². The molecule has 0 unspecified atom stereocenters. The van der Waals surface area contributed by atoms with Gasteiger partial charge in [0.2, 0.25) is 0 Å². The third kappa shape index (κ3) is 4.10. The summed E-state index contributed by atoms with van der Waals surface area (Å²) in [5.41, 5.74) is 0.823. The minimum Gasteiger partial charge on any atom is -0.342 e. The maximum Gasteiger partial charge on any atom is 0.254 e. The highest BCUT2D eigenvalue weighted by Gasteiger charge is 2.12. The van der Waals surface area contributed by atoms with Gasteiger partial charge < -0.3 is 4.90 Å². The SMILES string of the molecule is CCCCCN(C)C(=O)c1csc(I)c1. The molecular weight excluding hydrogens is 321 g/mol. The largest absolute Gasteiger partial charge is 0.342 e. The normalized spacial score (nSPS) is 10.3. The van der Waals surface area contributed by atoms with Crippen LogP contribution in [-0.4, -0.2) is 24.4 Å².